The highest BCUT2D eigenvalue weighted by atomic mass is 32.2. The maximum atomic E-state index is 14.0. The molecular weight excluding hydrogens is 295 g/mol. The number of rotatable bonds is 3. The Kier molecular flexibility index (Phi) is 3.73. The summed E-state index contributed by atoms with van der Waals surface area (Å²) in [5, 5.41) is 5.25. The first-order valence-electron chi connectivity index (χ1n) is 6.88. The van der Waals surface area contributed by atoms with Gasteiger partial charge in [0.05, 0.1) is 17.0 Å². The normalized spacial score (nSPS) is 20.0. The Bertz CT molecular complexity index is 764. The Hall–Kier alpha value is -1.44. The van der Waals surface area contributed by atoms with Crippen molar-refractivity contribution in [2.24, 2.45) is 5.14 Å². The molecule has 0 saturated carbocycles. The van der Waals surface area contributed by atoms with E-state index in [1.807, 2.05) is 0 Å². The lowest BCUT2D eigenvalue weighted by atomic mass is 10.1. The maximum absolute atomic E-state index is 14.0. The fraction of sp³-hybridized carbons (Fsp3) is 0.429. The molecule has 21 heavy (non-hydrogen) atoms. The minimum absolute atomic E-state index is 0.0194. The van der Waals surface area contributed by atoms with Gasteiger partial charge in [0, 0.05) is 19.3 Å². The first-order valence-corrected chi connectivity index (χ1v) is 8.43. The molecule has 1 aromatic carbocycles. The van der Waals surface area contributed by atoms with Crippen LogP contribution in [0.4, 0.5) is 4.39 Å². The van der Waals surface area contributed by atoms with Crippen LogP contribution < -0.4 is 5.14 Å². The van der Waals surface area contributed by atoms with Crippen molar-refractivity contribution in [1.29, 1.82) is 0 Å². The number of ether oxygens (including phenoxy) is 1. The molecule has 1 aliphatic rings. The number of aromatic nitrogens is 1. The van der Waals surface area contributed by atoms with Crippen LogP contribution >= 0.6 is 0 Å². The molecule has 5 nitrogen and oxygen atoms in total. The number of hydrogen-bond donors (Lipinski definition) is 1. The Morgan fingerprint density at radius 3 is 2.86 bits per heavy atom. The number of sulfonamides is 1. The van der Waals surface area contributed by atoms with Crippen molar-refractivity contribution in [2.75, 3.05) is 6.61 Å². The first kappa shape index (κ1) is 14.5. The summed E-state index contributed by atoms with van der Waals surface area (Å²) in [6, 6.07) is 4.48. The van der Waals surface area contributed by atoms with Gasteiger partial charge in [-0.3, -0.25) is 0 Å². The van der Waals surface area contributed by atoms with Crippen molar-refractivity contribution in [3.8, 4) is 0 Å². The van der Waals surface area contributed by atoms with Crippen molar-refractivity contribution in [1.82, 2.24) is 4.57 Å². The van der Waals surface area contributed by atoms with Crippen LogP contribution in [0.15, 0.2) is 29.3 Å². The van der Waals surface area contributed by atoms with Gasteiger partial charge in [-0.05, 0) is 31.4 Å². The van der Waals surface area contributed by atoms with Crippen LogP contribution in [0, 0.1) is 5.82 Å². The molecule has 2 heterocycles. The van der Waals surface area contributed by atoms with Gasteiger partial charge in [-0.15, -0.1) is 0 Å². The average molecular weight is 312 g/mol. The lowest BCUT2D eigenvalue weighted by molar-refractivity contribution is 0.00664. The van der Waals surface area contributed by atoms with Crippen LogP contribution in [0.2, 0.25) is 0 Å². The number of nitrogens with two attached hydrogens (primary N) is 1. The highest BCUT2D eigenvalue weighted by molar-refractivity contribution is 7.89. The summed E-state index contributed by atoms with van der Waals surface area (Å²) >= 11 is 0. The zero-order valence-corrected chi connectivity index (χ0v) is 12.3. The second-order valence-electron chi connectivity index (χ2n) is 5.31. The fourth-order valence-electron chi connectivity index (χ4n) is 2.81. The van der Waals surface area contributed by atoms with E-state index >= 15 is 0 Å². The first-order chi connectivity index (χ1) is 9.97. The van der Waals surface area contributed by atoms with Crippen molar-refractivity contribution < 1.29 is 17.5 Å². The molecule has 0 spiro atoms. The number of fused-ring (bicyclic) bond motifs is 1. The molecular formula is C14H17FN2O3S. The van der Waals surface area contributed by atoms with Gasteiger partial charge in [-0.2, -0.15) is 0 Å². The highest BCUT2D eigenvalue weighted by Gasteiger charge is 2.22. The molecule has 1 fully saturated rings. The Morgan fingerprint density at radius 2 is 2.19 bits per heavy atom. The Morgan fingerprint density at radius 1 is 1.38 bits per heavy atom. The molecule has 0 amide bonds. The average Bonchev–Trinajstić information content (AvgIpc) is 2.80. The SMILES string of the molecule is NS(=O)(=O)c1cn(CC2CCCCO2)c2cccc(F)c12. The predicted octanol–water partition coefficient (Wildman–Crippen LogP) is 2.00. The van der Waals surface area contributed by atoms with Crippen LogP contribution in [0.25, 0.3) is 10.9 Å². The minimum atomic E-state index is -3.97. The van der Waals surface area contributed by atoms with Crippen LogP contribution in [0.5, 0.6) is 0 Å². The van der Waals surface area contributed by atoms with Gasteiger partial charge in [-0.25, -0.2) is 17.9 Å². The van der Waals surface area contributed by atoms with Gasteiger partial charge in [0.15, 0.2) is 0 Å². The smallest absolute Gasteiger partial charge is 0.240 e. The van der Waals surface area contributed by atoms with Gasteiger partial charge in [0.2, 0.25) is 10.0 Å². The van der Waals surface area contributed by atoms with E-state index in [2.05, 4.69) is 0 Å². The number of halogens is 1. The van der Waals surface area contributed by atoms with Crippen LogP contribution in [0.1, 0.15) is 19.3 Å². The molecule has 1 unspecified atom stereocenters. The third kappa shape index (κ3) is 2.81. The van der Waals surface area contributed by atoms with E-state index in [0.29, 0.717) is 18.7 Å². The third-order valence-electron chi connectivity index (χ3n) is 3.80. The van der Waals surface area contributed by atoms with Gasteiger partial charge in [0.1, 0.15) is 10.7 Å². The van der Waals surface area contributed by atoms with Gasteiger partial charge < -0.3 is 9.30 Å². The number of hydrogen-bond acceptors (Lipinski definition) is 3. The summed E-state index contributed by atoms with van der Waals surface area (Å²) in [6.45, 7) is 1.20. The van der Waals surface area contributed by atoms with E-state index in [0.717, 1.165) is 19.3 Å². The van der Waals surface area contributed by atoms with Crippen molar-refractivity contribution in [2.45, 2.75) is 36.8 Å². The maximum Gasteiger partial charge on any atom is 0.240 e. The summed E-state index contributed by atoms with van der Waals surface area (Å²) in [6.07, 6.45) is 4.46. The molecule has 1 saturated heterocycles. The largest absolute Gasteiger partial charge is 0.376 e. The molecule has 0 aliphatic carbocycles. The van der Waals surface area contributed by atoms with E-state index in [-0.39, 0.29) is 16.4 Å². The zero-order chi connectivity index (χ0) is 15.0. The van der Waals surface area contributed by atoms with Crippen molar-refractivity contribution in [3.63, 3.8) is 0 Å². The molecule has 7 heteroatoms. The van der Waals surface area contributed by atoms with Crippen LogP contribution in [-0.4, -0.2) is 25.7 Å². The fourth-order valence-corrected chi connectivity index (χ4v) is 3.57. The van der Waals surface area contributed by atoms with Gasteiger partial charge in [0.25, 0.3) is 0 Å². The molecule has 3 rings (SSSR count). The lowest BCUT2D eigenvalue weighted by Crippen LogP contribution is -2.24. The molecule has 1 atom stereocenters. The van der Waals surface area contributed by atoms with E-state index in [1.165, 1.54) is 12.3 Å². The zero-order valence-electron chi connectivity index (χ0n) is 11.5. The number of primary sulfonamides is 1. The second kappa shape index (κ2) is 5.40. The molecule has 2 N–H and O–H groups in total. The summed E-state index contributed by atoms with van der Waals surface area (Å²) < 4.78 is 44.7. The van der Waals surface area contributed by atoms with E-state index in [4.69, 9.17) is 9.88 Å². The standard InChI is InChI=1S/C14H17FN2O3S/c15-11-5-3-6-12-14(11)13(21(16,18)19)9-17(12)8-10-4-1-2-7-20-10/h3,5-6,9-10H,1-2,4,7-8H2,(H2,16,18,19). The molecule has 0 bridgehead atoms. The Balaban J connectivity index is 2.08. The molecule has 114 valence electrons. The predicted molar refractivity (Wildman–Crippen MR) is 76.9 cm³/mol. The van der Waals surface area contributed by atoms with E-state index in [1.54, 1.807) is 16.7 Å². The quantitative estimate of drug-likeness (QED) is 0.942. The van der Waals surface area contributed by atoms with E-state index in [9.17, 15) is 12.8 Å². The van der Waals surface area contributed by atoms with Crippen molar-refractivity contribution in [3.05, 3.63) is 30.2 Å². The molecule has 2 aromatic rings. The van der Waals surface area contributed by atoms with Crippen molar-refractivity contribution >= 4 is 20.9 Å². The van der Waals surface area contributed by atoms with Crippen LogP contribution in [0.3, 0.4) is 0 Å². The minimum Gasteiger partial charge on any atom is -0.376 e. The second-order valence-corrected chi connectivity index (χ2v) is 6.84. The molecule has 1 aromatic heterocycles. The third-order valence-corrected chi connectivity index (χ3v) is 4.72. The Labute approximate surface area is 122 Å². The van der Waals surface area contributed by atoms with Gasteiger partial charge >= 0.3 is 0 Å². The highest BCUT2D eigenvalue weighted by Crippen LogP contribution is 2.28. The van der Waals surface area contributed by atoms with Gasteiger partial charge in [-0.1, -0.05) is 6.07 Å². The van der Waals surface area contributed by atoms with E-state index < -0.39 is 15.8 Å². The summed E-state index contributed by atoms with van der Waals surface area (Å²) in [5.41, 5.74) is 0.521. The monoisotopic (exact) mass is 312 g/mol. The topological polar surface area (TPSA) is 74.3 Å². The number of nitrogens with zero attached hydrogens (tertiary/aromatic N) is 1. The molecule has 0 radical (unpaired) electrons. The van der Waals surface area contributed by atoms with Crippen LogP contribution in [-0.2, 0) is 21.3 Å². The molecule has 1 aliphatic heterocycles. The lowest BCUT2D eigenvalue weighted by Gasteiger charge is -2.23. The number of benzene rings is 1. The summed E-state index contributed by atoms with van der Waals surface area (Å²) in [5.74, 6) is -0.583. The summed E-state index contributed by atoms with van der Waals surface area (Å²) in [4.78, 5) is -0.175. The summed E-state index contributed by atoms with van der Waals surface area (Å²) in [7, 11) is -3.97.